The molecule has 0 heterocycles. The Morgan fingerprint density at radius 3 is 1.93 bits per heavy atom. The fourth-order valence-electron chi connectivity index (χ4n) is 2.72. The smallest absolute Gasteiger partial charge is 0.264 e. The molecule has 5 heteroatoms. The van der Waals surface area contributed by atoms with Crippen LogP contribution in [0, 0.1) is 11.3 Å². The lowest BCUT2D eigenvalue weighted by Gasteiger charge is -2.19. The number of amides is 1. The van der Waals surface area contributed by atoms with Crippen molar-refractivity contribution in [1.82, 2.24) is 5.32 Å². The molecule has 0 bridgehead atoms. The van der Waals surface area contributed by atoms with Crippen LogP contribution in [-0.4, -0.2) is 11.0 Å². The number of nitriles is 1. The number of benzene rings is 3. The molecule has 0 aromatic heterocycles. The number of phenols is 1. The van der Waals surface area contributed by atoms with E-state index in [0.717, 1.165) is 11.1 Å². The molecular weight excluding hydrogens is 350 g/mol. The van der Waals surface area contributed by atoms with Crippen molar-refractivity contribution in [1.29, 1.82) is 5.26 Å². The van der Waals surface area contributed by atoms with Gasteiger partial charge in [0.05, 0.1) is 6.04 Å². The number of nitrogens with zero attached hydrogens (tertiary/aromatic N) is 1. The molecule has 0 aliphatic carbocycles. The third kappa shape index (κ3) is 4.77. The quantitative estimate of drug-likeness (QED) is 0.347. The van der Waals surface area contributed by atoms with Crippen molar-refractivity contribution in [3.63, 3.8) is 0 Å². The average molecular weight is 369 g/mol. The van der Waals surface area contributed by atoms with Crippen molar-refractivity contribution in [3.05, 3.63) is 108 Å². The normalized spacial score (nSPS) is 10.9. The van der Waals surface area contributed by atoms with Crippen LogP contribution in [0.3, 0.4) is 0 Å². The molecule has 3 aromatic carbocycles. The first kappa shape index (κ1) is 18.7. The zero-order valence-corrected chi connectivity index (χ0v) is 15.0. The predicted octanol–water partition coefficient (Wildman–Crippen LogP) is 4.12. The highest BCUT2D eigenvalue weighted by Gasteiger charge is 2.19. The molecule has 0 aliphatic rings. The number of anilines is 1. The number of hydrogen-bond acceptors (Lipinski definition) is 4. The van der Waals surface area contributed by atoms with Gasteiger partial charge in [-0.2, -0.15) is 5.26 Å². The van der Waals surface area contributed by atoms with Crippen LogP contribution in [0.1, 0.15) is 17.2 Å². The Morgan fingerprint density at radius 2 is 1.43 bits per heavy atom. The Morgan fingerprint density at radius 1 is 0.893 bits per heavy atom. The number of carbonyl (C=O) groups is 1. The van der Waals surface area contributed by atoms with Crippen LogP contribution < -0.4 is 10.6 Å². The number of aromatic hydroxyl groups is 1. The van der Waals surface area contributed by atoms with Crippen LogP contribution >= 0.6 is 0 Å². The maximum atomic E-state index is 12.7. The summed E-state index contributed by atoms with van der Waals surface area (Å²) in [6.45, 7) is 0. The van der Waals surface area contributed by atoms with Gasteiger partial charge in [-0.05, 0) is 35.4 Å². The summed E-state index contributed by atoms with van der Waals surface area (Å²) < 4.78 is 0. The molecule has 3 rings (SSSR count). The lowest BCUT2D eigenvalue weighted by Crippen LogP contribution is -2.30. The zero-order valence-electron chi connectivity index (χ0n) is 15.0. The summed E-state index contributed by atoms with van der Waals surface area (Å²) in [5.74, 6) is -0.340. The molecule has 0 fully saturated rings. The Bertz CT molecular complexity index is 952. The summed E-state index contributed by atoms with van der Waals surface area (Å²) in [6.07, 6.45) is 1.36. The minimum Gasteiger partial charge on any atom is -0.508 e. The van der Waals surface area contributed by atoms with Gasteiger partial charge in [0.25, 0.3) is 5.91 Å². The van der Waals surface area contributed by atoms with Gasteiger partial charge in [-0.25, -0.2) is 0 Å². The number of carbonyl (C=O) groups excluding carboxylic acids is 1. The average Bonchev–Trinajstić information content (AvgIpc) is 2.75. The largest absolute Gasteiger partial charge is 0.508 e. The molecule has 3 aromatic rings. The van der Waals surface area contributed by atoms with E-state index in [1.807, 2.05) is 66.7 Å². The first-order valence-electron chi connectivity index (χ1n) is 8.74. The topological polar surface area (TPSA) is 85.2 Å². The SMILES string of the molecule is N#C/C(=C/Nc1ccc(O)cc1)C(=O)NC(c1ccccc1)c1ccccc1. The van der Waals surface area contributed by atoms with E-state index in [1.54, 1.807) is 12.1 Å². The van der Waals surface area contributed by atoms with Crippen LogP contribution in [0.5, 0.6) is 5.75 Å². The first-order valence-corrected chi connectivity index (χ1v) is 8.74. The van der Waals surface area contributed by atoms with Crippen LogP contribution in [0.4, 0.5) is 5.69 Å². The van der Waals surface area contributed by atoms with E-state index in [0.29, 0.717) is 5.69 Å². The van der Waals surface area contributed by atoms with Gasteiger partial charge in [0.15, 0.2) is 0 Å². The second kappa shape index (κ2) is 9.06. The molecule has 138 valence electrons. The third-order valence-corrected chi connectivity index (χ3v) is 4.16. The van der Waals surface area contributed by atoms with Gasteiger partial charge in [0.2, 0.25) is 0 Å². The minimum absolute atomic E-state index is 0.0510. The van der Waals surface area contributed by atoms with E-state index in [9.17, 15) is 15.2 Å². The molecule has 0 saturated carbocycles. The van der Waals surface area contributed by atoms with Gasteiger partial charge in [0.1, 0.15) is 17.4 Å². The summed E-state index contributed by atoms with van der Waals surface area (Å²) in [5, 5.41) is 24.6. The van der Waals surface area contributed by atoms with E-state index in [4.69, 9.17) is 0 Å². The lowest BCUT2D eigenvalue weighted by molar-refractivity contribution is -0.117. The number of nitrogens with one attached hydrogen (secondary N) is 2. The maximum absolute atomic E-state index is 12.7. The summed E-state index contributed by atoms with van der Waals surface area (Å²) in [7, 11) is 0. The Hall–Kier alpha value is -4.04. The van der Waals surface area contributed by atoms with E-state index in [2.05, 4.69) is 10.6 Å². The number of rotatable bonds is 6. The molecule has 0 saturated heterocycles. The Kier molecular flexibility index (Phi) is 6.06. The minimum atomic E-state index is -0.480. The van der Waals surface area contributed by atoms with E-state index in [1.165, 1.54) is 18.3 Å². The van der Waals surface area contributed by atoms with Gasteiger partial charge in [0, 0.05) is 11.9 Å². The number of hydrogen-bond donors (Lipinski definition) is 3. The number of phenolic OH excluding ortho intramolecular Hbond substituents is 1. The van der Waals surface area contributed by atoms with Gasteiger partial charge >= 0.3 is 0 Å². The van der Waals surface area contributed by atoms with Crippen molar-refractivity contribution in [3.8, 4) is 11.8 Å². The molecule has 28 heavy (non-hydrogen) atoms. The fourth-order valence-corrected chi connectivity index (χ4v) is 2.72. The molecule has 3 N–H and O–H groups in total. The standard InChI is InChI=1S/C23H19N3O2/c24-15-19(16-25-20-11-13-21(27)14-12-20)23(28)26-22(17-7-3-1-4-8-17)18-9-5-2-6-10-18/h1-14,16,22,25,27H,(H,26,28)/b19-16-. The highest BCUT2D eigenvalue weighted by Crippen LogP contribution is 2.22. The van der Waals surface area contributed by atoms with Crippen molar-refractivity contribution in [2.45, 2.75) is 6.04 Å². The van der Waals surface area contributed by atoms with Gasteiger partial charge in [-0.1, -0.05) is 60.7 Å². The fraction of sp³-hybridized carbons (Fsp3) is 0.0435. The lowest BCUT2D eigenvalue weighted by atomic mass is 9.98. The molecule has 1 amide bonds. The molecule has 5 nitrogen and oxygen atoms in total. The van der Waals surface area contributed by atoms with Crippen LogP contribution in [0.15, 0.2) is 96.7 Å². The predicted molar refractivity (Wildman–Crippen MR) is 108 cm³/mol. The third-order valence-electron chi connectivity index (χ3n) is 4.16. The molecule has 0 unspecified atom stereocenters. The summed E-state index contributed by atoms with van der Waals surface area (Å²) in [4.78, 5) is 12.7. The van der Waals surface area contributed by atoms with Gasteiger partial charge in [-0.15, -0.1) is 0 Å². The second-order valence-electron chi connectivity index (χ2n) is 6.09. The highest BCUT2D eigenvalue weighted by atomic mass is 16.3. The first-order chi connectivity index (χ1) is 13.7. The molecule has 0 aliphatic heterocycles. The van der Waals surface area contributed by atoms with Crippen LogP contribution in [0.25, 0.3) is 0 Å². The summed E-state index contributed by atoms with van der Waals surface area (Å²) in [6, 6.07) is 27.1. The Labute approximate surface area is 163 Å². The van der Waals surface area contributed by atoms with Crippen molar-refractivity contribution in [2.75, 3.05) is 5.32 Å². The maximum Gasteiger partial charge on any atom is 0.264 e. The molecule has 0 radical (unpaired) electrons. The second-order valence-corrected chi connectivity index (χ2v) is 6.09. The monoisotopic (exact) mass is 369 g/mol. The van der Waals surface area contributed by atoms with Gasteiger partial charge in [-0.3, -0.25) is 4.79 Å². The zero-order chi connectivity index (χ0) is 19.8. The van der Waals surface area contributed by atoms with Crippen molar-refractivity contribution < 1.29 is 9.90 Å². The van der Waals surface area contributed by atoms with Crippen LogP contribution in [0.2, 0.25) is 0 Å². The van der Waals surface area contributed by atoms with Crippen molar-refractivity contribution >= 4 is 11.6 Å². The summed E-state index contributed by atoms with van der Waals surface area (Å²) >= 11 is 0. The summed E-state index contributed by atoms with van der Waals surface area (Å²) in [5.41, 5.74) is 2.45. The highest BCUT2D eigenvalue weighted by molar-refractivity contribution is 5.98. The van der Waals surface area contributed by atoms with E-state index >= 15 is 0 Å². The van der Waals surface area contributed by atoms with E-state index < -0.39 is 5.91 Å². The molecular formula is C23H19N3O2. The van der Waals surface area contributed by atoms with Crippen molar-refractivity contribution in [2.24, 2.45) is 0 Å². The van der Waals surface area contributed by atoms with Gasteiger partial charge < -0.3 is 15.7 Å². The molecule has 0 spiro atoms. The van der Waals surface area contributed by atoms with Crippen LogP contribution in [-0.2, 0) is 4.79 Å². The van der Waals surface area contributed by atoms with E-state index in [-0.39, 0.29) is 17.4 Å². The molecule has 0 atom stereocenters. The Balaban J connectivity index is 1.81.